The molecule has 8 heteroatoms. The molecule has 2 aliphatic heterocycles. The summed E-state index contributed by atoms with van der Waals surface area (Å²) in [6.07, 6.45) is 0. The van der Waals surface area contributed by atoms with E-state index in [2.05, 4.69) is 36.9 Å². The van der Waals surface area contributed by atoms with Gasteiger partial charge in [0.2, 0.25) is 10.0 Å². The predicted octanol–water partition coefficient (Wildman–Crippen LogP) is 3.19. The number of halogens is 1. The maximum Gasteiger partial charge on any atom is 0.256 e. The molecule has 1 amide bonds. The van der Waals surface area contributed by atoms with E-state index in [1.54, 1.807) is 4.90 Å². The Morgan fingerprint density at radius 3 is 2.32 bits per heavy atom. The molecule has 2 heterocycles. The molecule has 31 heavy (non-hydrogen) atoms. The van der Waals surface area contributed by atoms with Gasteiger partial charge in [0.05, 0.1) is 17.0 Å². The lowest BCUT2D eigenvalue weighted by Gasteiger charge is -2.37. The largest absolute Gasteiger partial charge is 0.368 e. The summed E-state index contributed by atoms with van der Waals surface area (Å²) in [5, 5.41) is 0. The lowest BCUT2D eigenvalue weighted by molar-refractivity contribution is 0.0742. The van der Waals surface area contributed by atoms with Crippen LogP contribution in [0.25, 0.3) is 0 Å². The third kappa shape index (κ3) is 4.26. The maximum atomic E-state index is 14.8. The number of hydrogen-bond acceptors (Lipinski definition) is 4. The molecule has 0 aromatic heterocycles. The Bertz CT molecular complexity index is 1110. The molecule has 2 saturated heterocycles. The van der Waals surface area contributed by atoms with Crippen LogP contribution in [0.2, 0.25) is 0 Å². The molecule has 4 rings (SSSR count). The van der Waals surface area contributed by atoms with E-state index in [0.29, 0.717) is 32.7 Å². The summed E-state index contributed by atoms with van der Waals surface area (Å²) in [5.74, 6) is -1.00. The number of amides is 1. The average Bonchev–Trinajstić information content (AvgIpc) is 2.99. The number of rotatable bonds is 3. The molecule has 166 valence electrons. The summed E-state index contributed by atoms with van der Waals surface area (Å²) in [4.78, 5) is 16.8. The number of benzene rings is 2. The van der Waals surface area contributed by atoms with Gasteiger partial charge < -0.3 is 9.80 Å². The second-order valence-electron chi connectivity index (χ2n) is 8.65. The minimum absolute atomic E-state index is 0.0113. The van der Waals surface area contributed by atoms with Crippen molar-refractivity contribution in [2.24, 2.45) is 5.92 Å². The topological polar surface area (TPSA) is 60.9 Å². The fourth-order valence-corrected chi connectivity index (χ4v) is 6.40. The van der Waals surface area contributed by atoms with Gasteiger partial charge in [0, 0.05) is 38.4 Å². The van der Waals surface area contributed by atoms with Crippen molar-refractivity contribution in [3.63, 3.8) is 0 Å². The second-order valence-corrected chi connectivity index (χ2v) is 10.6. The van der Waals surface area contributed by atoms with Crippen molar-refractivity contribution in [1.29, 1.82) is 0 Å². The lowest BCUT2D eigenvalue weighted by atomic mass is 10.1. The van der Waals surface area contributed by atoms with Crippen LogP contribution in [0, 0.1) is 25.6 Å². The Labute approximate surface area is 183 Å². The maximum absolute atomic E-state index is 14.8. The van der Waals surface area contributed by atoms with Gasteiger partial charge in [-0.25, -0.2) is 12.8 Å². The summed E-state index contributed by atoms with van der Waals surface area (Å²) in [6, 6.07) is 10.4. The van der Waals surface area contributed by atoms with Crippen LogP contribution in [0.3, 0.4) is 0 Å². The predicted molar refractivity (Wildman–Crippen MR) is 121 cm³/mol. The standard InChI is InChI=1S/C23H28FN3O3S/c1-16-4-7-22(18(3)12-16)25-8-10-26(11-9-25)23(28)20-6-5-19(13-21(20)24)27-14-17(2)15-31(27,29)30/h4-7,12-13,17H,8-11,14-15H2,1-3H3/t17-/m0/s1. The monoisotopic (exact) mass is 445 g/mol. The molecule has 0 N–H and O–H groups in total. The molecular formula is C23H28FN3O3S. The Morgan fingerprint density at radius 1 is 1.03 bits per heavy atom. The van der Waals surface area contributed by atoms with Gasteiger partial charge in [-0.3, -0.25) is 9.10 Å². The van der Waals surface area contributed by atoms with E-state index in [0.717, 1.165) is 11.8 Å². The molecule has 0 spiro atoms. The van der Waals surface area contributed by atoms with Crippen LogP contribution in [0.1, 0.15) is 28.4 Å². The molecule has 2 aromatic rings. The van der Waals surface area contributed by atoms with Crippen LogP contribution in [0.4, 0.5) is 15.8 Å². The van der Waals surface area contributed by atoms with Crippen LogP contribution < -0.4 is 9.21 Å². The molecule has 0 saturated carbocycles. The van der Waals surface area contributed by atoms with Gasteiger partial charge in [0.1, 0.15) is 5.82 Å². The fraction of sp³-hybridized carbons (Fsp3) is 0.435. The molecule has 1 atom stereocenters. The van der Waals surface area contributed by atoms with Crippen LogP contribution >= 0.6 is 0 Å². The van der Waals surface area contributed by atoms with E-state index < -0.39 is 15.8 Å². The zero-order valence-corrected chi connectivity index (χ0v) is 19.0. The quantitative estimate of drug-likeness (QED) is 0.728. The lowest BCUT2D eigenvalue weighted by Crippen LogP contribution is -2.49. The van der Waals surface area contributed by atoms with Gasteiger partial charge in [-0.1, -0.05) is 24.6 Å². The molecular weight excluding hydrogens is 417 g/mol. The first kappa shape index (κ1) is 21.6. The highest BCUT2D eigenvalue weighted by Crippen LogP contribution is 2.29. The van der Waals surface area contributed by atoms with Crippen LogP contribution in [-0.2, 0) is 10.0 Å². The van der Waals surface area contributed by atoms with Gasteiger partial charge in [-0.15, -0.1) is 0 Å². The Balaban J connectivity index is 1.46. The van der Waals surface area contributed by atoms with E-state index in [9.17, 15) is 17.6 Å². The number of aryl methyl sites for hydroxylation is 2. The van der Waals surface area contributed by atoms with Gasteiger partial charge in [0.25, 0.3) is 5.91 Å². The molecule has 6 nitrogen and oxygen atoms in total. The normalized spacial score (nSPS) is 20.9. The van der Waals surface area contributed by atoms with Crippen LogP contribution in [0.15, 0.2) is 36.4 Å². The number of hydrogen-bond donors (Lipinski definition) is 0. The smallest absolute Gasteiger partial charge is 0.256 e. The van der Waals surface area contributed by atoms with Crippen molar-refractivity contribution >= 4 is 27.3 Å². The summed E-state index contributed by atoms with van der Waals surface area (Å²) < 4.78 is 40.6. The first-order valence-corrected chi connectivity index (χ1v) is 12.2. The first-order valence-electron chi connectivity index (χ1n) is 10.6. The van der Waals surface area contributed by atoms with Crippen molar-refractivity contribution in [2.75, 3.05) is 47.7 Å². The second kappa shape index (κ2) is 8.15. The Kier molecular flexibility index (Phi) is 5.68. The highest BCUT2D eigenvalue weighted by Gasteiger charge is 2.34. The minimum Gasteiger partial charge on any atom is -0.368 e. The van der Waals surface area contributed by atoms with E-state index in [1.807, 2.05) is 6.92 Å². The molecule has 2 aromatic carbocycles. The third-order valence-corrected chi connectivity index (χ3v) is 8.06. The van der Waals surface area contributed by atoms with Gasteiger partial charge in [0.15, 0.2) is 0 Å². The number of piperazine rings is 1. The van der Waals surface area contributed by atoms with Crippen molar-refractivity contribution < 1.29 is 17.6 Å². The first-order chi connectivity index (χ1) is 14.7. The van der Waals surface area contributed by atoms with Crippen molar-refractivity contribution in [1.82, 2.24) is 4.90 Å². The highest BCUT2D eigenvalue weighted by atomic mass is 32.2. The summed E-state index contributed by atoms with van der Waals surface area (Å²) in [6.45, 7) is 8.69. The van der Waals surface area contributed by atoms with E-state index in [4.69, 9.17) is 0 Å². The van der Waals surface area contributed by atoms with E-state index in [1.165, 1.54) is 27.6 Å². The van der Waals surface area contributed by atoms with Crippen molar-refractivity contribution in [2.45, 2.75) is 20.8 Å². The summed E-state index contributed by atoms with van der Waals surface area (Å²) in [5.41, 5.74) is 3.83. The molecule has 0 radical (unpaired) electrons. The van der Waals surface area contributed by atoms with Crippen LogP contribution in [-0.4, -0.2) is 57.7 Å². The zero-order chi connectivity index (χ0) is 22.3. The average molecular weight is 446 g/mol. The third-order valence-electron chi connectivity index (χ3n) is 6.04. The van der Waals surface area contributed by atoms with Crippen molar-refractivity contribution in [3.8, 4) is 0 Å². The van der Waals surface area contributed by atoms with E-state index in [-0.39, 0.29) is 28.8 Å². The van der Waals surface area contributed by atoms with Gasteiger partial charge in [-0.05, 0) is 49.6 Å². The van der Waals surface area contributed by atoms with Gasteiger partial charge >= 0.3 is 0 Å². The number of nitrogens with zero attached hydrogens (tertiary/aromatic N) is 3. The molecule has 0 aliphatic carbocycles. The molecule has 2 aliphatic rings. The SMILES string of the molecule is Cc1ccc(N2CCN(C(=O)c3ccc(N4C[C@H](C)CS4(=O)=O)cc3F)CC2)c(C)c1. The number of anilines is 2. The number of sulfonamides is 1. The van der Waals surface area contributed by atoms with E-state index >= 15 is 0 Å². The number of carbonyl (C=O) groups is 1. The van der Waals surface area contributed by atoms with Gasteiger partial charge in [-0.2, -0.15) is 0 Å². The molecule has 0 unspecified atom stereocenters. The minimum atomic E-state index is -3.43. The summed E-state index contributed by atoms with van der Waals surface area (Å²) >= 11 is 0. The Hall–Kier alpha value is -2.61. The number of carbonyl (C=O) groups excluding carboxylic acids is 1. The zero-order valence-electron chi connectivity index (χ0n) is 18.1. The van der Waals surface area contributed by atoms with Crippen LogP contribution in [0.5, 0.6) is 0 Å². The molecule has 0 bridgehead atoms. The highest BCUT2D eigenvalue weighted by molar-refractivity contribution is 7.93. The fourth-order valence-electron chi connectivity index (χ4n) is 4.48. The molecule has 2 fully saturated rings. The Morgan fingerprint density at radius 2 is 1.74 bits per heavy atom. The van der Waals surface area contributed by atoms with Crippen molar-refractivity contribution in [3.05, 3.63) is 58.9 Å². The summed E-state index contributed by atoms with van der Waals surface area (Å²) in [7, 11) is -3.43.